The molecule has 0 aliphatic rings. The highest BCUT2D eigenvalue weighted by Crippen LogP contribution is 2.24. The minimum absolute atomic E-state index is 0.252. The smallest absolute Gasteiger partial charge is 0.250 e. The Balaban J connectivity index is 2.47. The van der Waals surface area contributed by atoms with Crippen molar-refractivity contribution >= 4 is 33.0 Å². The number of rotatable bonds is 6. The van der Waals surface area contributed by atoms with Gasteiger partial charge in [0.05, 0.1) is 4.34 Å². The van der Waals surface area contributed by atoms with Crippen molar-refractivity contribution in [2.45, 2.75) is 24.1 Å². The van der Waals surface area contributed by atoms with Crippen molar-refractivity contribution in [3.05, 3.63) is 16.5 Å². The summed E-state index contributed by atoms with van der Waals surface area (Å²) in [5.74, 6) is 0. The lowest BCUT2D eigenvalue weighted by Crippen LogP contribution is -2.34. The lowest BCUT2D eigenvalue weighted by atomic mass is 10.4. The summed E-state index contributed by atoms with van der Waals surface area (Å²) in [6, 6.07) is 3.43. The lowest BCUT2D eigenvalue weighted by Gasteiger charge is -2.08. The van der Waals surface area contributed by atoms with Gasteiger partial charge in [-0.2, -0.15) is 0 Å². The van der Waals surface area contributed by atoms with E-state index >= 15 is 0 Å². The van der Waals surface area contributed by atoms with Crippen LogP contribution < -0.4 is 10.0 Å². The summed E-state index contributed by atoms with van der Waals surface area (Å²) in [6.45, 7) is 4.99. The van der Waals surface area contributed by atoms with Gasteiger partial charge in [-0.3, -0.25) is 0 Å². The Morgan fingerprint density at radius 1 is 1.38 bits per heavy atom. The molecule has 1 aromatic heterocycles. The van der Waals surface area contributed by atoms with Crippen LogP contribution in [0, 0.1) is 0 Å². The van der Waals surface area contributed by atoms with Crippen molar-refractivity contribution in [1.29, 1.82) is 0 Å². The summed E-state index contributed by atoms with van der Waals surface area (Å²) in [5, 5.41) is 3.13. The first-order valence-corrected chi connectivity index (χ1v) is 7.58. The van der Waals surface area contributed by atoms with Crippen LogP contribution in [0.5, 0.6) is 0 Å². The summed E-state index contributed by atoms with van der Waals surface area (Å²) in [5.41, 5.74) is 0. The summed E-state index contributed by atoms with van der Waals surface area (Å²) in [6.07, 6.45) is 0. The van der Waals surface area contributed by atoms with Gasteiger partial charge in [0, 0.05) is 19.1 Å². The molecule has 0 bridgehead atoms. The normalized spacial score (nSPS) is 12.2. The Morgan fingerprint density at radius 2 is 2.06 bits per heavy atom. The van der Waals surface area contributed by atoms with Crippen LogP contribution in [0.25, 0.3) is 0 Å². The number of sulfonamides is 1. The Hall–Kier alpha value is -0.140. The van der Waals surface area contributed by atoms with Crippen molar-refractivity contribution in [3.63, 3.8) is 0 Å². The molecule has 0 saturated heterocycles. The minimum atomic E-state index is -3.39. The summed E-state index contributed by atoms with van der Waals surface area (Å²) < 4.78 is 26.6. The van der Waals surface area contributed by atoms with Gasteiger partial charge in [-0.05, 0) is 12.1 Å². The fraction of sp³-hybridized carbons (Fsp3) is 0.556. The number of thiophene rings is 1. The highest BCUT2D eigenvalue weighted by molar-refractivity contribution is 7.91. The Bertz CT molecular complexity index is 428. The van der Waals surface area contributed by atoms with Gasteiger partial charge < -0.3 is 5.32 Å². The van der Waals surface area contributed by atoms with Crippen LogP contribution in [-0.4, -0.2) is 27.5 Å². The fourth-order valence-corrected chi connectivity index (χ4v) is 3.62. The zero-order valence-electron chi connectivity index (χ0n) is 9.16. The first-order chi connectivity index (χ1) is 7.42. The van der Waals surface area contributed by atoms with E-state index in [1.165, 1.54) is 6.07 Å². The largest absolute Gasteiger partial charge is 0.313 e. The quantitative estimate of drug-likeness (QED) is 0.781. The first kappa shape index (κ1) is 13.9. The average molecular weight is 283 g/mol. The van der Waals surface area contributed by atoms with E-state index in [0.717, 1.165) is 11.3 Å². The van der Waals surface area contributed by atoms with Gasteiger partial charge in [0.15, 0.2) is 0 Å². The second-order valence-electron chi connectivity index (χ2n) is 3.57. The van der Waals surface area contributed by atoms with E-state index in [9.17, 15) is 8.42 Å². The summed E-state index contributed by atoms with van der Waals surface area (Å²) >= 11 is 6.74. The highest BCUT2D eigenvalue weighted by atomic mass is 35.5. The molecule has 1 rings (SSSR count). The van der Waals surface area contributed by atoms with Crippen LogP contribution in [0.4, 0.5) is 0 Å². The Labute approximate surface area is 105 Å². The second-order valence-corrected chi connectivity index (χ2v) is 7.27. The molecule has 0 aliphatic carbocycles. The molecule has 0 amide bonds. The molecule has 7 heteroatoms. The number of halogens is 1. The van der Waals surface area contributed by atoms with Gasteiger partial charge in [0.2, 0.25) is 10.0 Å². The van der Waals surface area contributed by atoms with Crippen LogP contribution in [0.3, 0.4) is 0 Å². The molecule has 1 heterocycles. The predicted molar refractivity (Wildman–Crippen MR) is 67.7 cm³/mol. The maximum atomic E-state index is 11.7. The van der Waals surface area contributed by atoms with Crippen LogP contribution in [-0.2, 0) is 10.0 Å². The third kappa shape index (κ3) is 4.39. The fourth-order valence-electron chi connectivity index (χ4n) is 1.06. The van der Waals surface area contributed by atoms with Crippen molar-refractivity contribution in [3.8, 4) is 0 Å². The lowest BCUT2D eigenvalue weighted by molar-refractivity contribution is 0.561. The van der Waals surface area contributed by atoms with Crippen molar-refractivity contribution in [2.75, 3.05) is 13.1 Å². The van der Waals surface area contributed by atoms with Crippen LogP contribution in [0.1, 0.15) is 13.8 Å². The van der Waals surface area contributed by atoms with Crippen LogP contribution in [0.15, 0.2) is 16.3 Å². The maximum absolute atomic E-state index is 11.7. The van der Waals surface area contributed by atoms with Crippen molar-refractivity contribution in [2.24, 2.45) is 0 Å². The van der Waals surface area contributed by atoms with Crippen LogP contribution in [0.2, 0.25) is 4.34 Å². The Kier molecular flexibility index (Phi) is 5.20. The van der Waals surface area contributed by atoms with E-state index < -0.39 is 10.0 Å². The number of nitrogens with one attached hydrogen (secondary N) is 2. The van der Waals surface area contributed by atoms with Crippen molar-refractivity contribution < 1.29 is 8.42 Å². The van der Waals surface area contributed by atoms with Gasteiger partial charge in [-0.25, -0.2) is 13.1 Å². The van der Waals surface area contributed by atoms with Gasteiger partial charge in [-0.1, -0.05) is 25.4 Å². The zero-order chi connectivity index (χ0) is 12.2. The monoisotopic (exact) mass is 282 g/mol. The molecule has 0 atom stereocenters. The molecule has 0 aromatic carbocycles. The molecular formula is C9H15ClN2O2S2. The number of hydrogen-bond acceptors (Lipinski definition) is 4. The Morgan fingerprint density at radius 3 is 2.56 bits per heavy atom. The first-order valence-electron chi connectivity index (χ1n) is 4.90. The molecule has 0 spiro atoms. The van der Waals surface area contributed by atoms with Crippen molar-refractivity contribution in [1.82, 2.24) is 10.0 Å². The maximum Gasteiger partial charge on any atom is 0.250 e. The zero-order valence-corrected chi connectivity index (χ0v) is 11.5. The molecule has 4 nitrogen and oxygen atoms in total. The standard InChI is InChI=1S/C9H15ClN2O2S2/c1-7(2)11-5-6-12-16(13,14)9-4-3-8(10)15-9/h3-4,7,11-12H,5-6H2,1-2H3. The summed E-state index contributed by atoms with van der Waals surface area (Å²) in [7, 11) is -3.39. The van der Waals surface area contributed by atoms with E-state index in [0.29, 0.717) is 23.5 Å². The van der Waals surface area contributed by atoms with Gasteiger partial charge >= 0.3 is 0 Å². The molecule has 1 aromatic rings. The topological polar surface area (TPSA) is 58.2 Å². The molecule has 0 fully saturated rings. The van der Waals surface area contributed by atoms with E-state index in [4.69, 9.17) is 11.6 Å². The molecular weight excluding hydrogens is 268 g/mol. The molecule has 92 valence electrons. The predicted octanol–water partition coefficient (Wildman–Crippen LogP) is 1.68. The number of hydrogen-bond donors (Lipinski definition) is 2. The second kappa shape index (κ2) is 5.97. The van der Waals surface area contributed by atoms with E-state index in [-0.39, 0.29) is 4.21 Å². The van der Waals surface area contributed by atoms with E-state index in [1.54, 1.807) is 6.07 Å². The minimum Gasteiger partial charge on any atom is -0.313 e. The average Bonchev–Trinajstić information content (AvgIpc) is 2.60. The highest BCUT2D eigenvalue weighted by Gasteiger charge is 2.15. The molecule has 2 N–H and O–H groups in total. The molecule has 0 aliphatic heterocycles. The van der Waals surface area contributed by atoms with Gasteiger partial charge in [-0.15, -0.1) is 11.3 Å². The van der Waals surface area contributed by atoms with Gasteiger partial charge in [0.25, 0.3) is 0 Å². The molecule has 0 saturated carbocycles. The van der Waals surface area contributed by atoms with E-state index in [2.05, 4.69) is 10.0 Å². The van der Waals surface area contributed by atoms with E-state index in [1.807, 2.05) is 13.8 Å². The van der Waals surface area contributed by atoms with Crippen LogP contribution >= 0.6 is 22.9 Å². The van der Waals surface area contributed by atoms with Gasteiger partial charge in [0.1, 0.15) is 4.21 Å². The summed E-state index contributed by atoms with van der Waals surface area (Å²) in [4.78, 5) is 0. The third-order valence-electron chi connectivity index (χ3n) is 1.78. The third-order valence-corrected chi connectivity index (χ3v) is 4.97. The molecule has 16 heavy (non-hydrogen) atoms. The SMILES string of the molecule is CC(C)NCCNS(=O)(=O)c1ccc(Cl)s1. The molecule has 0 radical (unpaired) electrons. The molecule has 0 unspecified atom stereocenters.